The van der Waals surface area contributed by atoms with Crippen LogP contribution in [0.4, 0.5) is 5.69 Å². The Morgan fingerprint density at radius 2 is 1.71 bits per heavy atom. The molecule has 24 heavy (non-hydrogen) atoms. The molecule has 3 aromatic rings. The Bertz CT molecular complexity index is 987. The highest BCUT2D eigenvalue weighted by Crippen LogP contribution is 2.25. The van der Waals surface area contributed by atoms with Gasteiger partial charge in [0.2, 0.25) is 0 Å². The molecule has 0 unspecified atom stereocenters. The molecule has 0 aliphatic heterocycles. The molecule has 0 spiro atoms. The van der Waals surface area contributed by atoms with Crippen molar-refractivity contribution in [2.24, 2.45) is 0 Å². The van der Waals surface area contributed by atoms with Gasteiger partial charge in [0.05, 0.1) is 21.6 Å². The van der Waals surface area contributed by atoms with E-state index in [0.717, 1.165) is 22.4 Å². The van der Waals surface area contributed by atoms with Crippen molar-refractivity contribution in [2.75, 3.05) is 4.72 Å². The normalized spacial score (nSPS) is 12.0. The maximum absolute atomic E-state index is 12.5. The number of nitrogens with zero attached hydrogens (tertiary/aromatic N) is 2. The number of rotatable bonds is 4. The third-order valence-corrected chi connectivity index (χ3v) is 5.36. The van der Waals surface area contributed by atoms with Crippen LogP contribution < -0.4 is 4.72 Å². The fourth-order valence-electron chi connectivity index (χ4n) is 2.87. The number of imidazole rings is 1. The van der Waals surface area contributed by atoms with E-state index in [2.05, 4.69) is 28.1 Å². The van der Waals surface area contributed by atoms with Crippen molar-refractivity contribution < 1.29 is 8.42 Å². The number of benzene rings is 2. The van der Waals surface area contributed by atoms with Crippen molar-refractivity contribution in [2.45, 2.75) is 38.6 Å². The third-order valence-electron chi connectivity index (χ3n) is 3.97. The van der Waals surface area contributed by atoms with Crippen molar-refractivity contribution >= 4 is 26.7 Å². The highest BCUT2D eigenvalue weighted by Gasteiger charge is 2.16. The average molecular weight is 343 g/mol. The van der Waals surface area contributed by atoms with Gasteiger partial charge in [-0.25, -0.2) is 13.4 Å². The zero-order valence-corrected chi connectivity index (χ0v) is 15.1. The molecule has 1 aromatic heterocycles. The summed E-state index contributed by atoms with van der Waals surface area (Å²) in [5, 5.41) is 0. The third kappa shape index (κ3) is 3.01. The first kappa shape index (κ1) is 16.5. The first-order chi connectivity index (χ1) is 11.3. The van der Waals surface area contributed by atoms with Crippen LogP contribution in [0.1, 0.15) is 31.3 Å². The van der Waals surface area contributed by atoms with Gasteiger partial charge in [0.15, 0.2) is 0 Å². The van der Waals surface area contributed by atoms with Crippen LogP contribution in [-0.2, 0) is 10.0 Å². The number of fused-ring (bicyclic) bond motifs is 1. The zero-order valence-electron chi connectivity index (χ0n) is 14.2. The van der Waals surface area contributed by atoms with Crippen LogP contribution in [0, 0.1) is 13.8 Å². The quantitative estimate of drug-likeness (QED) is 0.778. The van der Waals surface area contributed by atoms with Crippen molar-refractivity contribution in [1.29, 1.82) is 0 Å². The number of nitrogens with one attached hydrogen (secondary N) is 1. The van der Waals surface area contributed by atoms with Gasteiger partial charge in [-0.15, -0.1) is 0 Å². The molecule has 0 saturated carbocycles. The van der Waals surface area contributed by atoms with Gasteiger partial charge in [-0.1, -0.05) is 17.7 Å². The Morgan fingerprint density at radius 3 is 2.33 bits per heavy atom. The van der Waals surface area contributed by atoms with Crippen molar-refractivity contribution in [3.8, 4) is 0 Å². The van der Waals surface area contributed by atoms with E-state index in [1.54, 1.807) is 36.4 Å². The number of aromatic nitrogens is 2. The number of hydrogen-bond donors (Lipinski definition) is 1. The van der Waals surface area contributed by atoms with Crippen LogP contribution in [0.2, 0.25) is 0 Å². The number of sulfonamides is 1. The first-order valence-corrected chi connectivity index (χ1v) is 9.34. The van der Waals surface area contributed by atoms with Crippen molar-refractivity contribution in [3.05, 3.63) is 53.9 Å². The molecule has 0 aliphatic carbocycles. The molecule has 0 aliphatic rings. The molecule has 126 valence electrons. The predicted octanol–water partition coefficient (Wildman–Crippen LogP) is 4.03. The molecule has 0 amide bonds. The minimum atomic E-state index is -3.60. The summed E-state index contributed by atoms with van der Waals surface area (Å²) in [7, 11) is -3.60. The fourth-order valence-corrected chi connectivity index (χ4v) is 3.92. The van der Waals surface area contributed by atoms with Gasteiger partial charge in [-0.3, -0.25) is 4.72 Å². The second-order valence-corrected chi connectivity index (χ2v) is 7.93. The molecule has 0 fully saturated rings. The van der Waals surface area contributed by atoms with Gasteiger partial charge in [-0.2, -0.15) is 0 Å². The van der Waals surface area contributed by atoms with Crippen LogP contribution in [0.5, 0.6) is 0 Å². The summed E-state index contributed by atoms with van der Waals surface area (Å²) < 4.78 is 29.7. The second kappa shape index (κ2) is 5.94. The molecule has 1 heterocycles. The Kier molecular flexibility index (Phi) is 4.09. The fraction of sp³-hybridized carbons (Fsp3) is 0.278. The van der Waals surface area contributed by atoms with Gasteiger partial charge < -0.3 is 4.57 Å². The smallest absolute Gasteiger partial charge is 0.261 e. The van der Waals surface area contributed by atoms with Crippen molar-refractivity contribution in [3.63, 3.8) is 0 Å². The monoisotopic (exact) mass is 343 g/mol. The van der Waals surface area contributed by atoms with E-state index in [4.69, 9.17) is 0 Å². The summed E-state index contributed by atoms with van der Waals surface area (Å²) in [6.45, 7) is 8.07. The SMILES string of the molecule is Cc1ccc(S(=O)(=O)Nc2ccc3c(c2)nc(C)n3C(C)C)cc1. The molecule has 2 aromatic carbocycles. The van der Waals surface area contributed by atoms with Gasteiger partial charge in [0.1, 0.15) is 5.82 Å². The number of hydrogen-bond acceptors (Lipinski definition) is 3. The minimum absolute atomic E-state index is 0.247. The van der Waals surface area contributed by atoms with E-state index in [9.17, 15) is 8.42 Å². The lowest BCUT2D eigenvalue weighted by atomic mass is 10.2. The molecular weight excluding hydrogens is 322 g/mol. The highest BCUT2D eigenvalue weighted by molar-refractivity contribution is 7.92. The van der Waals surface area contributed by atoms with Crippen LogP contribution in [0.15, 0.2) is 47.4 Å². The van der Waals surface area contributed by atoms with Gasteiger partial charge >= 0.3 is 0 Å². The van der Waals surface area contributed by atoms with Crippen LogP contribution in [-0.4, -0.2) is 18.0 Å². The largest absolute Gasteiger partial charge is 0.326 e. The molecule has 3 rings (SSSR count). The van der Waals surface area contributed by atoms with E-state index in [1.165, 1.54) is 0 Å². The standard InChI is InChI=1S/C18H21N3O2S/c1-12(2)21-14(4)19-17-11-15(7-10-18(17)21)20-24(22,23)16-8-5-13(3)6-9-16/h5-12,20H,1-4H3. The predicted molar refractivity (Wildman–Crippen MR) is 96.8 cm³/mol. The molecule has 6 heteroatoms. The first-order valence-electron chi connectivity index (χ1n) is 7.86. The maximum Gasteiger partial charge on any atom is 0.261 e. The molecular formula is C18H21N3O2S. The Morgan fingerprint density at radius 1 is 1.04 bits per heavy atom. The molecule has 0 atom stereocenters. The zero-order chi connectivity index (χ0) is 17.5. The molecule has 0 bridgehead atoms. The summed E-state index contributed by atoms with van der Waals surface area (Å²) in [4.78, 5) is 4.78. The van der Waals surface area contributed by atoms with Gasteiger partial charge in [-0.05, 0) is 58.0 Å². The molecule has 1 N–H and O–H groups in total. The Labute approximate surface area is 142 Å². The summed E-state index contributed by atoms with van der Waals surface area (Å²) >= 11 is 0. The summed E-state index contributed by atoms with van der Waals surface area (Å²) in [6, 6.07) is 12.5. The number of aryl methyl sites for hydroxylation is 2. The molecule has 0 saturated heterocycles. The van der Waals surface area contributed by atoms with Gasteiger partial charge in [0, 0.05) is 6.04 Å². The average Bonchev–Trinajstić information content (AvgIpc) is 2.82. The van der Waals surface area contributed by atoms with Gasteiger partial charge in [0.25, 0.3) is 10.0 Å². The summed E-state index contributed by atoms with van der Waals surface area (Å²) in [5.41, 5.74) is 3.31. The van der Waals surface area contributed by atoms with Crippen molar-refractivity contribution in [1.82, 2.24) is 9.55 Å². The van der Waals surface area contributed by atoms with Crippen LogP contribution in [0.25, 0.3) is 11.0 Å². The van der Waals surface area contributed by atoms with E-state index in [0.29, 0.717) is 11.7 Å². The lowest BCUT2D eigenvalue weighted by molar-refractivity contribution is 0.599. The lowest BCUT2D eigenvalue weighted by Crippen LogP contribution is -2.12. The Balaban J connectivity index is 1.97. The van der Waals surface area contributed by atoms with E-state index < -0.39 is 10.0 Å². The summed E-state index contributed by atoms with van der Waals surface area (Å²) in [6.07, 6.45) is 0. The minimum Gasteiger partial charge on any atom is -0.326 e. The number of anilines is 1. The Hall–Kier alpha value is -2.34. The molecule has 5 nitrogen and oxygen atoms in total. The highest BCUT2D eigenvalue weighted by atomic mass is 32.2. The molecule has 0 radical (unpaired) electrons. The topological polar surface area (TPSA) is 64.0 Å². The summed E-state index contributed by atoms with van der Waals surface area (Å²) in [5.74, 6) is 0.915. The second-order valence-electron chi connectivity index (χ2n) is 6.24. The van der Waals surface area contributed by atoms with E-state index >= 15 is 0 Å². The van der Waals surface area contributed by atoms with E-state index in [1.807, 2.05) is 19.9 Å². The maximum atomic E-state index is 12.5. The lowest BCUT2D eigenvalue weighted by Gasteiger charge is -2.11. The van der Waals surface area contributed by atoms with E-state index in [-0.39, 0.29) is 4.90 Å². The van der Waals surface area contributed by atoms with Crippen LogP contribution >= 0.6 is 0 Å². The van der Waals surface area contributed by atoms with Crippen LogP contribution in [0.3, 0.4) is 0 Å².